The second-order valence-electron chi connectivity index (χ2n) is 12.9. The molecule has 0 amide bonds. The number of fused-ring (bicyclic) bond motifs is 6. The molecule has 2 heterocycles. The number of furan rings is 1. The van der Waals surface area contributed by atoms with Crippen LogP contribution in [-0.2, 0) is 0 Å². The Kier molecular flexibility index (Phi) is 6.81. The van der Waals surface area contributed by atoms with Gasteiger partial charge in [0.2, 0.25) is 0 Å². The van der Waals surface area contributed by atoms with Crippen LogP contribution in [0.4, 0.5) is 0 Å². The fourth-order valence-electron chi connectivity index (χ4n) is 7.50. The molecule has 0 bridgehead atoms. The Balaban J connectivity index is 1.28. The zero-order valence-electron chi connectivity index (χ0n) is 27.6. The molecule has 3 nitrogen and oxygen atoms in total. The summed E-state index contributed by atoms with van der Waals surface area (Å²) < 4.78 is 7.05. The summed E-state index contributed by atoms with van der Waals surface area (Å²) in [6, 6.07) is 63.7. The predicted octanol–water partition coefficient (Wildman–Crippen LogP) is 13.0. The largest absolute Gasteiger partial charge is 0.455 e. The number of benzene rings is 8. The Hall–Kier alpha value is -6.84. The molecule has 0 aliphatic carbocycles. The van der Waals surface area contributed by atoms with E-state index in [1.54, 1.807) is 0 Å². The standard InChI is InChI=1S/C48H30N2O/c1-4-14-31(15-5-1)35-26-27-39(38-23-13-12-22-37(35)38)40-28-29-41(47-45(40)42-25-24-32-16-10-11-21-36(32)46(42)51-47)44-30-43(33-17-6-2-7-18-33)49-48(50-44)34-19-8-3-9-20-34/h1-30H. The second-order valence-corrected chi connectivity index (χ2v) is 12.9. The van der Waals surface area contributed by atoms with Gasteiger partial charge >= 0.3 is 0 Å². The van der Waals surface area contributed by atoms with Gasteiger partial charge in [0.1, 0.15) is 11.2 Å². The first kappa shape index (κ1) is 29.1. The van der Waals surface area contributed by atoms with E-state index >= 15 is 0 Å². The molecule has 238 valence electrons. The molecule has 2 aromatic heterocycles. The van der Waals surface area contributed by atoms with Gasteiger partial charge in [-0.05, 0) is 56.6 Å². The van der Waals surface area contributed by atoms with Crippen LogP contribution in [0.25, 0.3) is 99.6 Å². The monoisotopic (exact) mass is 650 g/mol. The topological polar surface area (TPSA) is 38.9 Å². The Morgan fingerprint density at radius 2 is 0.882 bits per heavy atom. The maximum Gasteiger partial charge on any atom is 0.160 e. The molecule has 0 unspecified atom stereocenters. The molecule has 0 N–H and O–H groups in total. The lowest BCUT2D eigenvalue weighted by Gasteiger charge is -2.14. The predicted molar refractivity (Wildman–Crippen MR) is 212 cm³/mol. The molecular weight excluding hydrogens is 621 g/mol. The average Bonchev–Trinajstić information content (AvgIpc) is 3.61. The Morgan fingerprint density at radius 3 is 1.63 bits per heavy atom. The van der Waals surface area contributed by atoms with Crippen LogP contribution in [0.1, 0.15) is 0 Å². The normalized spacial score (nSPS) is 11.5. The van der Waals surface area contributed by atoms with Gasteiger partial charge in [0.15, 0.2) is 5.82 Å². The summed E-state index contributed by atoms with van der Waals surface area (Å²) in [4.78, 5) is 10.3. The number of rotatable bonds is 5. The zero-order valence-corrected chi connectivity index (χ0v) is 27.6. The summed E-state index contributed by atoms with van der Waals surface area (Å²) in [6.07, 6.45) is 0. The minimum absolute atomic E-state index is 0.674. The minimum atomic E-state index is 0.674. The zero-order chi connectivity index (χ0) is 33.7. The first-order chi connectivity index (χ1) is 25.3. The summed E-state index contributed by atoms with van der Waals surface area (Å²) in [6.45, 7) is 0. The van der Waals surface area contributed by atoms with E-state index in [4.69, 9.17) is 14.4 Å². The van der Waals surface area contributed by atoms with Gasteiger partial charge in [-0.2, -0.15) is 0 Å². The van der Waals surface area contributed by atoms with Gasteiger partial charge in [-0.25, -0.2) is 9.97 Å². The second kappa shape index (κ2) is 11.9. The van der Waals surface area contributed by atoms with E-state index in [0.29, 0.717) is 5.82 Å². The van der Waals surface area contributed by atoms with Crippen LogP contribution in [0, 0.1) is 0 Å². The first-order valence-electron chi connectivity index (χ1n) is 17.2. The Morgan fingerprint density at radius 1 is 0.333 bits per heavy atom. The lowest BCUT2D eigenvalue weighted by atomic mass is 9.89. The lowest BCUT2D eigenvalue weighted by molar-refractivity contribution is 0.673. The van der Waals surface area contributed by atoms with Gasteiger partial charge in [-0.1, -0.05) is 164 Å². The highest BCUT2D eigenvalue weighted by Crippen LogP contribution is 2.46. The van der Waals surface area contributed by atoms with Gasteiger partial charge in [-0.15, -0.1) is 0 Å². The van der Waals surface area contributed by atoms with Crippen LogP contribution < -0.4 is 0 Å². The van der Waals surface area contributed by atoms with E-state index < -0.39 is 0 Å². The van der Waals surface area contributed by atoms with E-state index in [2.05, 4.69) is 146 Å². The summed E-state index contributed by atoms with van der Waals surface area (Å²) in [5, 5.41) is 6.80. The van der Waals surface area contributed by atoms with E-state index in [1.807, 2.05) is 36.4 Å². The molecule has 8 aromatic carbocycles. The molecule has 0 fully saturated rings. The molecule has 0 aliphatic rings. The summed E-state index contributed by atoms with van der Waals surface area (Å²) >= 11 is 0. The number of hydrogen-bond acceptors (Lipinski definition) is 3. The van der Waals surface area contributed by atoms with Crippen molar-refractivity contribution in [1.29, 1.82) is 0 Å². The molecule has 0 atom stereocenters. The highest BCUT2D eigenvalue weighted by atomic mass is 16.3. The first-order valence-corrected chi connectivity index (χ1v) is 17.2. The van der Waals surface area contributed by atoms with Crippen molar-refractivity contribution in [2.24, 2.45) is 0 Å². The third-order valence-electron chi connectivity index (χ3n) is 9.91. The SMILES string of the molecule is c1ccc(-c2cc(-c3ccc(-c4ccc(-c5ccccc5)c5ccccc45)c4c3oc3c5ccccc5ccc34)nc(-c3ccccc3)n2)cc1. The molecule has 0 saturated heterocycles. The minimum Gasteiger partial charge on any atom is -0.455 e. The van der Waals surface area contributed by atoms with Crippen molar-refractivity contribution < 1.29 is 4.42 Å². The molecule has 10 rings (SSSR count). The Labute approximate surface area is 295 Å². The maximum atomic E-state index is 7.05. The van der Waals surface area contributed by atoms with Crippen LogP contribution in [0.5, 0.6) is 0 Å². The third kappa shape index (κ3) is 4.90. The molecule has 51 heavy (non-hydrogen) atoms. The molecule has 10 aromatic rings. The van der Waals surface area contributed by atoms with Crippen LogP contribution in [0.15, 0.2) is 186 Å². The molecule has 0 saturated carbocycles. The summed E-state index contributed by atoms with van der Waals surface area (Å²) in [7, 11) is 0. The van der Waals surface area contributed by atoms with Crippen molar-refractivity contribution in [3.8, 4) is 56.2 Å². The van der Waals surface area contributed by atoms with E-state index in [0.717, 1.165) is 71.9 Å². The van der Waals surface area contributed by atoms with Crippen LogP contribution in [0.3, 0.4) is 0 Å². The van der Waals surface area contributed by atoms with E-state index in [9.17, 15) is 0 Å². The third-order valence-corrected chi connectivity index (χ3v) is 9.91. The number of nitrogens with zero attached hydrogens (tertiary/aromatic N) is 2. The summed E-state index contributed by atoms with van der Waals surface area (Å²) in [5.41, 5.74) is 11.0. The molecule has 0 aliphatic heterocycles. The van der Waals surface area contributed by atoms with Crippen LogP contribution in [0.2, 0.25) is 0 Å². The van der Waals surface area contributed by atoms with Crippen molar-refractivity contribution >= 4 is 43.5 Å². The van der Waals surface area contributed by atoms with E-state index in [-0.39, 0.29) is 0 Å². The maximum absolute atomic E-state index is 7.05. The van der Waals surface area contributed by atoms with Gasteiger partial charge < -0.3 is 4.42 Å². The van der Waals surface area contributed by atoms with Crippen LogP contribution in [-0.4, -0.2) is 9.97 Å². The quantitative estimate of drug-likeness (QED) is 0.186. The van der Waals surface area contributed by atoms with Crippen molar-refractivity contribution in [3.63, 3.8) is 0 Å². The fourth-order valence-corrected chi connectivity index (χ4v) is 7.50. The smallest absolute Gasteiger partial charge is 0.160 e. The fraction of sp³-hybridized carbons (Fsp3) is 0. The van der Waals surface area contributed by atoms with Crippen molar-refractivity contribution in [2.45, 2.75) is 0 Å². The lowest BCUT2D eigenvalue weighted by Crippen LogP contribution is -1.96. The van der Waals surface area contributed by atoms with Crippen molar-refractivity contribution in [1.82, 2.24) is 9.97 Å². The van der Waals surface area contributed by atoms with Gasteiger partial charge in [0, 0.05) is 32.8 Å². The molecule has 3 heteroatoms. The Bertz CT molecular complexity index is 2840. The number of hydrogen-bond donors (Lipinski definition) is 0. The molecule has 0 spiro atoms. The summed E-state index contributed by atoms with van der Waals surface area (Å²) in [5.74, 6) is 0.674. The highest BCUT2D eigenvalue weighted by Gasteiger charge is 2.22. The van der Waals surface area contributed by atoms with Gasteiger partial charge in [0.25, 0.3) is 0 Å². The van der Waals surface area contributed by atoms with Gasteiger partial charge in [-0.3, -0.25) is 0 Å². The van der Waals surface area contributed by atoms with Crippen molar-refractivity contribution in [2.75, 3.05) is 0 Å². The van der Waals surface area contributed by atoms with Crippen molar-refractivity contribution in [3.05, 3.63) is 182 Å². The van der Waals surface area contributed by atoms with Crippen LogP contribution >= 0.6 is 0 Å². The average molecular weight is 651 g/mol. The number of aromatic nitrogens is 2. The molecule has 0 radical (unpaired) electrons. The van der Waals surface area contributed by atoms with E-state index in [1.165, 1.54) is 21.9 Å². The highest BCUT2D eigenvalue weighted by molar-refractivity contribution is 6.23. The molecular formula is C48H30N2O. The van der Waals surface area contributed by atoms with Gasteiger partial charge in [0.05, 0.1) is 11.4 Å².